The second-order valence-corrected chi connectivity index (χ2v) is 7.85. The second kappa shape index (κ2) is 8.55. The molecule has 0 spiro atoms. The lowest BCUT2D eigenvalue weighted by Gasteiger charge is -2.25. The van der Waals surface area contributed by atoms with Gasteiger partial charge in [0.25, 0.3) is 0 Å². The highest BCUT2D eigenvalue weighted by Crippen LogP contribution is 2.24. The lowest BCUT2D eigenvalue weighted by atomic mass is 9.91. The van der Waals surface area contributed by atoms with Crippen LogP contribution >= 0.6 is 11.6 Å². The van der Waals surface area contributed by atoms with Crippen LogP contribution in [0.3, 0.4) is 0 Å². The molecule has 0 heterocycles. The fourth-order valence-corrected chi connectivity index (χ4v) is 2.85. The van der Waals surface area contributed by atoms with E-state index in [1.54, 1.807) is 26.8 Å². The molecule has 2 atom stereocenters. The van der Waals surface area contributed by atoms with Gasteiger partial charge >= 0.3 is 11.9 Å². The summed E-state index contributed by atoms with van der Waals surface area (Å²) < 4.78 is 5.35. The number of benzene rings is 2. The van der Waals surface area contributed by atoms with Crippen molar-refractivity contribution >= 4 is 23.5 Å². The number of nitrogens with two attached hydrogens (primary N) is 1. The van der Waals surface area contributed by atoms with E-state index in [1.165, 1.54) is 0 Å². The van der Waals surface area contributed by atoms with Crippen molar-refractivity contribution < 1.29 is 19.4 Å². The van der Waals surface area contributed by atoms with Crippen molar-refractivity contribution in [2.24, 2.45) is 11.7 Å². The van der Waals surface area contributed by atoms with Crippen LogP contribution in [0, 0.1) is 5.92 Å². The molecule has 2 aromatic rings. The molecular formula is C21H24ClNO4. The predicted octanol–water partition coefficient (Wildman–Crippen LogP) is 3.92. The molecule has 0 fully saturated rings. The first-order chi connectivity index (χ1) is 12.6. The Labute approximate surface area is 164 Å². The second-order valence-electron chi connectivity index (χ2n) is 7.42. The number of hydrogen-bond donors (Lipinski definition) is 2. The molecule has 3 N–H and O–H groups in total. The quantitative estimate of drug-likeness (QED) is 0.731. The Hall–Kier alpha value is -2.37. The molecule has 5 nitrogen and oxygen atoms in total. The fraction of sp³-hybridized carbons (Fsp3) is 0.333. The number of esters is 1. The third-order valence-electron chi connectivity index (χ3n) is 4.00. The zero-order valence-electron chi connectivity index (χ0n) is 15.6. The van der Waals surface area contributed by atoms with Gasteiger partial charge in [0.15, 0.2) is 0 Å². The van der Waals surface area contributed by atoms with Crippen LogP contribution in [0.4, 0.5) is 0 Å². The van der Waals surface area contributed by atoms with Crippen molar-refractivity contribution in [1.82, 2.24) is 0 Å². The van der Waals surface area contributed by atoms with E-state index in [4.69, 9.17) is 22.1 Å². The van der Waals surface area contributed by atoms with Gasteiger partial charge in [-0.1, -0.05) is 48.0 Å². The van der Waals surface area contributed by atoms with Gasteiger partial charge in [-0.3, -0.25) is 9.59 Å². The van der Waals surface area contributed by atoms with Gasteiger partial charge in [0, 0.05) is 5.02 Å². The van der Waals surface area contributed by atoms with Crippen molar-refractivity contribution in [1.29, 1.82) is 0 Å². The van der Waals surface area contributed by atoms with Gasteiger partial charge in [0.05, 0.1) is 5.92 Å². The highest BCUT2D eigenvalue weighted by Gasteiger charge is 2.34. The number of ether oxygens (including phenoxy) is 1. The summed E-state index contributed by atoms with van der Waals surface area (Å²) in [6.45, 7) is 5.19. The van der Waals surface area contributed by atoms with Crippen LogP contribution in [0.15, 0.2) is 48.5 Å². The van der Waals surface area contributed by atoms with Crippen LogP contribution in [0.1, 0.15) is 26.3 Å². The van der Waals surface area contributed by atoms with Crippen LogP contribution in [-0.2, 0) is 20.7 Å². The predicted molar refractivity (Wildman–Crippen MR) is 106 cm³/mol. The fourth-order valence-electron chi connectivity index (χ4n) is 2.66. The minimum absolute atomic E-state index is 0.179. The summed E-state index contributed by atoms with van der Waals surface area (Å²) in [6, 6.07) is 13.6. The number of carboxylic acid groups (broad SMARTS) is 1. The Morgan fingerprint density at radius 3 is 2.26 bits per heavy atom. The van der Waals surface area contributed by atoms with E-state index in [0.29, 0.717) is 5.02 Å². The summed E-state index contributed by atoms with van der Waals surface area (Å²) in [7, 11) is 0. The molecule has 144 valence electrons. The molecule has 0 aliphatic heterocycles. The minimum atomic E-state index is -1.34. The summed E-state index contributed by atoms with van der Waals surface area (Å²) in [6.07, 6.45) is 0.179. The minimum Gasteiger partial charge on any atom is -0.480 e. The van der Waals surface area contributed by atoms with Gasteiger partial charge in [-0.2, -0.15) is 0 Å². The number of aliphatic carboxylic acids is 1. The molecule has 0 saturated heterocycles. The first-order valence-corrected chi connectivity index (χ1v) is 9.01. The summed E-state index contributed by atoms with van der Waals surface area (Å²) in [5.41, 5.74) is 7.77. The molecule has 0 aromatic heterocycles. The summed E-state index contributed by atoms with van der Waals surface area (Å²) in [5, 5.41) is 9.90. The molecule has 2 rings (SSSR count). The smallest absolute Gasteiger partial charge is 0.321 e. The van der Waals surface area contributed by atoms with E-state index in [2.05, 4.69) is 0 Å². The van der Waals surface area contributed by atoms with Gasteiger partial charge in [-0.25, -0.2) is 0 Å². The SMILES string of the molecule is CC(C)(C)OC(=O)C(Cc1ccc(-c2cccc(Cl)c2)cc1)[C@@H](N)C(=O)O. The normalized spacial score (nSPS) is 13.7. The van der Waals surface area contributed by atoms with Crippen molar-refractivity contribution in [2.75, 3.05) is 0 Å². The number of hydrogen-bond acceptors (Lipinski definition) is 4. The Morgan fingerprint density at radius 2 is 1.74 bits per heavy atom. The zero-order chi connectivity index (χ0) is 20.2. The van der Waals surface area contributed by atoms with Crippen LogP contribution in [0.25, 0.3) is 11.1 Å². The van der Waals surface area contributed by atoms with Gasteiger partial charge in [-0.05, 0) is 56.0 Å². The van der Waals surface area contributed by atoms with Crippen LogP contribution < -0.4 is 5.73 Å². The van der Waals surface area contributed by atoms with Crippen molar-refractivity contribution in [3.05, 3.63) is 59.1 Å². The van der Waals surface area contributed by atoms with Gasteiger partial charge in [-0.15, -0.1) is 0 Å². The first kappa shape index (κ1) is 20.9. The largest absolute Gasteiger partial charge is 0.480 e. The van der Waals surface area contributed by atoms with E-state index >= 15 is 0 Å². The average Bonchev–Trinajstić information content (AvgIpc) is 2.58. The maximum absolute atomic E-state index is 12.5. The summed E-state index contributed by atoms with van der Waals surface area (Å²) in [5.74, 6) is -2.82. The molecule has 6 heteroatoms. The van der Waals surface area contributed by atoms with Gasteiger partial charge < -0.3 is 15.6 Å². The molecule has 1 unspecified atom stereocenters. The number of carbonyl (C=O) groups excluding carboxylic acids is 1. The maximum Gasteiger partial charge on any atom is 0.321 e. The number of halogens is 1. The highest BCUT2D eigenvalue weighted by atomic mass is 35.5. The third kappa shape index (κ3) is 6.08. The molecule has 0 bridgehead atoms. The van der Waals surface area contributed by atoms with Gasteiger partial charge in [0.1, 0.15) is 11.6 Å². The molecule has 0 radical (unpaired) electrons. The van der Waals surface area contributed by atoms with Gasteiger partial charge in [0.2, 0.25) is 0 Å². The van der Waals surface area contributed by atoms with E-state index in [0.717, 1.165) is 16.7 Å². The van der Waals surface area contributed by atoms with Crippen molar-refractivity contribution in [3.63, 3.8) is 0 Å². The van der Waals surface area contributed by atoms with Crippen molar-refractivity contribution in [3.8, 4) is 11.1 Å². The average molecular weight is 390 g/mol. The summed E-state index contributed by atoms with van der Waals surface area (Å²) >= 11 is 6.03. The lowest BCUT2D eigenvalue weighted by Crippen LogP contribution is -2.45. The molecule has 27 heavy (non-hydrogen) atoms. The maximum atomic E-state index is 12.5. The van der Waals surface area contributed by atoms with E-state index in [1.807, 2.05) is 42.5 Å². The van der Waals surface area contributed by atoms with E-state index < -0.39 is 29.5 Å². The molecular weight excluding hydrogens is 366 g/mol. The van der Waals surface area contributed by atoms with Crippen molar-refractivity contribution in [2.45, 2.75) is 38.8 Å². The third-order valence-corrected chi connectivity index (χ3v) is 4.23. The molecule has 0 aliphatic carbocycles. The zero-order valence-corrected chi connectivity index (χ0v) is 16.4. The highest BCUT2D eigenvalue weighted by molar-refractivity contribution is 6.30. The standard InChI is InChI=1S/C21H24ClNO4/c1-21(2,3)27-20(26)17(18(23)19(24)25)11-13-7-9-14(10-8-13)15-5-4-6-16(22)12-15/h4-10,12,17-18H,11,23H2,1-3H3,(H,24,25)/t17?,18-/m1/s1. The Kier molecular flexibility index (Phi) is 6.63. The van der Waals surface area contributed by atoms with Crippen LogP contribution in [-0.4, -0.2) is 28.7 Å². The lowest BCUT2D eigenvalue weighted by molar-refractivity contribution is -0.163. The molecule has 0 saturated carbocycles. The molecule has 0 amide bonds. The molecule has 0 aliphatic rings. The molecule has 2 aromatic carbocycles. The van der Waals surface area contributed by atoms with Crippen LogP contribution in [0.5, 0.6) is 0 Å². The monoisotopic (exact) mass is 389 g/mol. The number of carboxylic acids is 1. The topological polar surface area (TPSA) is 89.6 Å². The Morgan fingerprint density at radius 1 is 1.11 bits per heavy atom. The number of rotatable bonds is 6. The Balaban J connectivity index is 2.21. The van der Waals surface area contributed by atoms with Crippen LogP contribution in [0.2, 0.25) is 5.02 Å². The Bertz CT molecular complexity index is 812. The summed E-state index contributed by atoms with van der Waals surface area (Å²) in [4.78, 5) is 23.8. The number of carbonyl (C=O) groups is 2. The van der Waals surface area contributed by atoms with E-state index in [-0.39, 0.29) is 6.42 Å². The van der Waals surface area contributed by atoms with E-state index in [9.17, 15) is 14.7 Å². The first-order valence-electron chi connectivity index (χ1n) is 8.63.